The van der Waals surface area contributed by atoms with Gasteiger partial charge in [-0.1, -0.05) is 6.07 Å². The quantitative estimate of drug-likeness (QED) is 0.455. The number of carbonyl (C=O) groups excluding carboxylic acids is 1. The van der Waals surface area contributed by atoms with Gasteiger partial charge in [-0.2, -0.15) is 18.2 Å². The Hall–Kier alpha value is -3.10. The molecule has 1 heterocycles. The summed E-state index contributed by atoms with van der Waals surface area (Å²) in [5.74, 6) is -0.642. The summed E-state index contributed by atoms with van der Waals surface area (Å²) in [6.45, 7) is 1.57. The lowest BCUT2D eigenvalue weighted by atomic mass is 10.1. The molecule has 2 aromatic rings. The molecular formula is C17H15F3N2O4. The number of halogens is 3. The number of aryl methyl sites for hydroxylation is 1. The van der Waals surface area contributed by atoms with E-state index >= 15 is 0 Å². The molecule has 9 heteroatoms. The predicted octanol–water partition coefficient (Wildman–Crippen LogP) is 3.76. The average molecular weight is 368 g/mol. The summed E-state index contributed by atoms with van der Waals surface area (Å²) in [6, 6.07) is 4.30. The highest BCUT2D eigenvalue weighted by Gasteiger charge is 2.31. The van der Waals surface area contributed by atoms with Gasteiger partial charge in [0.05, 0.1) is 31.6 Å². The van der Waals surface area contributed by atoms with Crippen molar-refractivity contribution in [3.8, 4) is 11.6 Å². The minimum absolute atomic E-state index is 0.0445. The molecule has 26 heavy (non-hydrogen) atoms. The zero-order valence-corrected chi connectivity index (χ0v) is 14.1. The molecule has 0 atom stereocenters. The van der Waals surface area contributed by atoms with Gasteiger partial charge in [-0.25, -0.2) is 9.78 Å². The van der Waals surface area contributed by atoms with E-state index in [4.69, 9.17) is 9.47 Å². The van der Waals surface area contributed by atoms with E-state index in [-0.39, 0.29) is 22.8 Å². The second-order valence-electron chi connectivity index (χ2n) is 5.02. The smallest absolute Gasteiger partial charge is 0.416 e. The van der Waals surface area contributed by atoms with Crippen molar-refractivity contribution < 1.29 is 32.2 Å². The summed E-state index contributed by atoms with van der Waals surface area (Å²) in [5, 5.41) is 0. The molecule has 0 spiro atoms. The standard InChI is InChI=1S/C17H15F3N2O4/c1-10-21-8-13(14(9-24-2)16(23)25-3)15(22-10)26-12-6-4-5-11(7-12)17(18,19)20/h4-9H,1-3H3/b14-9-. The Kier molecular flexibility index (Phi) is 5.81. The van der Waals surface area contributed by atoms with Gasteiger partial charge in [0.15, 0.2) is 0 Å². The summed E-state index contributed by atoms with van der Waals surface area (Å²) in [6.07, 6.45) is -2.11. The Labute approximate surface area is 147 Å². The third-order valence-corrected chi connectivity index (χ3v) is 3.18. The molecule has 2 rings (SSSR count). The highest BCUT2D eigenvalue weighted by atomic mass is 19.4. The third kappa shape index (κ3) is 4.50. The van der Waals surface area contributed by atoms with E-state index in [0.717, 1.165) is 18.4 Å². The lowest BCUT2D eigenvalue weighted by Gasteiger charge is -2.13. The number of benzene rings is 1. The number of hydrogen-bond donors (Lipinski definition) is 0. The fraction of sp³-hybridized carbons (Fsp3) is 0.235. The molecule has 6 nitrogen and oxygen atoms in total. The van der Waals surface area contributed by atoms with E-state index in [2.05, 4.69) is 14.7 Å². The van der Waals surface area contributed by atoms with Gasteiger partial charge >= 0.3 is 12.1 Å². The normalized spacial score (nSPS) is 11.8. The van der Waals surface area contributed by atoms with Crippen LogP contribution in [0.2, 0.25) is 0 Å². The van der Waals surface area contributed by atoms with Gasteiger partial charge in [0.25, 0.3) is 0 Å². The fourth-order valence-electron chi connectivity index (χ4n) is 2.01. The molecule has 0 N–H and O–H groups in total. The summed E-state index contributed by atoms with van der Waals surface area (Å²) >= 11 is 0. The van der Waals surface area contributed by atoms with E-state index in [9.17, 15) is 18.0 Å². The van der Waals surface area contributed by atoms with Crippen molar-refractivity contribution >= 4 is 11.5 Å². The zero-order chi connectivity index (χ0) is 19.3. The third-order valence-electron chi connectivity index (χ3n) is 3.18. The SMILES string of the molecule is CO/C=C(\C(=O)OC)c1cnc(C)nc1Oc1cccc(C(F)(F)F)c1. The molecule has 0 aliphatic carbocycles. The van der Waals surface area contributed by atoms with Crippen LogP contribution < -0.4 is 4.74 Å². The molecule has 0 radical (unpaired) electrons. The number of methoxy groups -OCH3 is 2. The first-order chi connectivity index (χ1) is 12.3. The van der Waals surface area contributed by atoms with E-state index in [1.807, 2.05) is 0 Å². The van der Waals surface area contributed by atoms with Crippen molar-refractivity contribution in [2.24, 2.45) is 0 Å². The van der Waals surface area contributed by atoms with Crippen LogP contribution in [0.3, 0.4) is 0 Å². The first-order valence-electron chi connectivity index (χ1n) is 7.26. The molecule has 0 unspecified atom stereocenters. The number of alkyl halides is 3. The van der Waals surface area contributed by atoms with E-state index in [0.29, 0.717) is 5.82 Å². The molecule has 138 valence electrons. The van der Waals surface area contributed by atoms with E-state index in [1.165, 1.54) is 32.5 Å². The second-order valence-corrected chi connectivity index (χ2v) is 5.02. The Bertz CT molecular complexity index is 835. The van der Waals surface area contributed by atoms with Gasteiger partial charge in [-0.15, -0.1) is 0 Å². The van der Waals surface area contributed by atoms with Crippen LogP contribution in [-0.2, 0) is 20.4 Å². The molecule has 1 aromatic heterocycles. The van der Waals surface area contributed by atoms with Crippen LogP contribution in [0, 0.1) is 6.92 Å². The molecule has 0 bridgehead atoms. The Morgan fingerprint density at radius 2 is 1.96 bits per heavy atom. The van der Waals surface area contributed by atoms with Crippen molar-refractivity contribution in [3.05, 3.63) is 53.7 Å². The van der Waals surface area contributed by atoms with Gasteiger partial charge in [0, 0.05) is 6.20 Å². The van der Waals surface area contributed by atoms with Crippen LogP contribution in [0.4, 0.5) is 13.2 Å². The number of ether oxygens (including phenoxy) is 3. The van der Waals surface area contributed by atoms with Crippen molar-refractivity contribution in [3.63, 3.8) is 0 Å². The molecule has 0 fully saturated rings. The van der Waals surface area contributed by atoms with Crippen molar-refractivity contribution in [1.29, 1.82) is 0 Å². The molecule has 0 aliphatic heterocycles. The monoisotopic (exact) mass is 368 g/mol. The van der Waals surface area contributed by atoms with E-state index < -0.39 is 17.7 Å². The zero-order valence-electron chi connectivity index (χ0n) is 14.1. The molecule has 0 saturated heterocycles. The number of aromatic nitrogens is 2. The van der Waals surface area contributed by atoms with Gasteiger partial charge in [-0.05, 0) is 25.1 Å². The van der Waals surface area contributed by atoms with Crippen molar-refractivity contribution in [2.75, 3.05) is 14.2 Å². The molecule has 0 amide bonds. The minimum atomic E-state index is -4.52. The Morgan fingerprint density at radius 3 is 2.58 bits per heavy atom. The molecular weight excluding hydrogens is 353 g/mol. The molecule has 1 aromatic carbocycles. The maximum Gasteiger partial charge on any atom is 0.416 e. The second kappa shape index (κ2) is 7.85. The number of hydrogen-bond acceptors (Lipinski definition) is 6. The highest BCUT2D eigenvalue weighted by Crippen LogP contribution is 2.34. The van der Waals surface area contributed by atoms with Crippen LogP contribution in [0.5, 0.6) is 11.6 Å². The van der Waals surface area contributed by atoms with Crippen molar-refractivity contribution in [1.82, 2.24) is 9.97 Å². The van der Waals surface area contributed by atoms with Gasteiger partial charge < -0.3 is 14.2 Å². The number of rotatable bonds is 5. The number of nitrogens with zero attached hydrogens (tertiary/aromatic N) is 2. The van der Waals surface area contributed by atoms with Crippen LogP contribution in [-0.4, -0.2) is 30.2 Å². The molecule has 0 saturated carbocycles. The maximum atomic E-state index is 12.9. The maximum absolute atomic E-state index is 12.9. The van der Waals surface area contributed by atoms with Gasteiger partial charge in [0.2, 0.25) is 5.88 Å². The first-order valence-corrected chi connectivity index (χ1v) is 7.26. The summed E-state index contributed by atoms with van der Waals surface area (Å²) in [7, 11) is 2.50. The van der Waals surface area contributed by atoms with Crippen molar-refractivity contribution in [2.45, 2.75) is 13.1 Å². The van der Waals surface area contributed by atoms with E-state index in [1.54, 1.807) is 6.92 Å². The van der Waals surface area contributed by atoms with Crippen LogP contribution in [0.1, 0.15) is 17.0 Å². The first kappa shape index (κ1) is 19.2. The lowest BCUT2D eigenvalue weighted by Crippen LogP contribution is -2.08. The summed E-state index contributed by atoms with van der Waals surface area (Å²) in [5.41, 5.74) is -0.804. The topological polar surface area (TPSA) is 70.5 Å². The Balaban J connectivity index is 2.49. The lowest BCUT2D eigenvalue weighted by molar-refractivity contribution is -0.137. The number of carbonyl (C=O) groups is 1. The highest BCUT2D eigenvalue weighted by molar-refractivity contribution is 6.16. The average Bonchev–Trinajstić information content (AvgIpc) is 2.59. The van der Waals surface area contributed by atoms with Gasteiger partial charge in [-0.3, -0.25) is 0 Å². The van der Waals surface area contributed by atoms with Crippen LogP contribution >= 0.6 is 0 Å². The molecule has 0 aliphatic rings. The largest absolute Gasteiger partial charge is 0.503 e. The summed E-state index contributed by atoms with van der Waals surface area (Å²) < 4.78 is 53.6. The van der Waals surface area contributed by atoms with Crippen LogP contribution in [0.25, 0.3) is 5.57 Å². The van der Waals surface area contributed by atoms with Gasteiger partial charge in [0.1, 0.15) is 17.1 Å². The summed E-state index contributed by atoms with van der Waals surface area (Å²) in [4.78, 5) is 20.0. The fourth-order valence-corrected chi connectivity index (χ4v) is 2.01. The predicted molar refractivity (Wildman–Crippen MR) is 85.3 cm³/mol. The Morgan fingerprint density at radius 1 is 1.23 bits per heavy atom. The minimum Gasteiger partial charge on any atom is -0.503 e. The number of esters is 1. The van der Waals surface area contributed by atoms with Crippen LogP contribution in [0.15, 0.2) is 36.7 Å².